The van der Waals surface area contributed by atoms with E-state index in [4.69, 9.17) is 5.84 Å². The zero-order valence-electron chi connectivity index (χ0n) is 11.5. The van der Waals surface area contributed by atoms with Crippen molar-refractivity contribution in [3.8, 4) is 0 Å². The SMILES string of the molecule is CSCC(C)CNc1ncnc(NN)c1C(C)C. The molecule has 1 aromatic rings. The van der Waals surface area contributed by atoms with Gasteiger partial charge in [-0.05, 0) is 23.8 Å². The van der Waals surface area contributed by atoms with Gasteiger partial charge in [0.05, 0.1) is 0 Å². The maximum absolute atomic E-state index is 5.49. The molecule has 0 saturated carbocycles. The average Bonchev–Trinajstić information content (AvgIpc) is 2.35. The van der Waals surface area contributed by atoms with Gasteiger partial charge in [0.1, 0.15) is 18.0 Å². The molecule has 18 heavy (non-hydrogen) atoms. The van der Waals surface area contributed by atoms with Gasteiger partial charge < -0.3 is 10.7 Å². The number of nitrogens with one attached hydrogen (secondary N) is 2. The van der Waals surface area contributed by atoms with Gasteiger partial charge in [-0.3, -0.25) is 0 Å². The molecule has 4 N–H and O–H groups in total. The molecule has 0 fully saturated rings. The number of aromatic nitrogens is 2. The lowest BCUT2D eigenvalue weighted by molar-refractivity contribution is 0.696. The molecule has 1 rings (SSSR count). The molecule has 1 unspecified atom stereocenters. The summed E-state index contributed by atoms with van der Waals surface area (Å²) in [5.41, 5.74) is 3.67. The molecule has 0 aromatic carbocycles. The van der Waals surface area contributed by atoms with Crippen LogP contribution in [0.4, 0.5) is 11.6 Å². The maximum atomic E-state index is 5.49. The molecule has 0 saturated heterocycles. The standard InChI is InChI=1S/C12H23N5S/c1-8(2)10-11(14-5-9(3)6-18-4)15-7-16-12(10)17-13/h7-9H,5-6,13H2,1-4H3,(H2,14,15,16,17). The third-order valence-electron chi connectivity index (χ3n) is 2.67. The van der Waals surface area contributed by atoms with Crippen molar-refractivity contribution in [1.29, 1.82) is 0 Å². The average molecular weight is 269 g/mol. The first kappa shape index (κ1) is 15.0. The Kier molecular flexibility index (Phi) is 6.21. The molecule has 102 valence electrons. The fraction of sp³-hybridized carbons (Fsp3) is 0.667. The van der Waals surface area contributed by atoms with E-state index in [1.807, 2.05) is 11.8 Å². The number of nitrogens with two attached hydrogens (primary N) is 1. The van der Waals surface area contributed by atoms with Crippen molar-refractivity contribution in [3.05, 3.63) is 11.9 Å². The number of rotatable bonds is 7. The predicted octanol–water partition coefficient (Wildman–Crippen LogP) is 2.30. The Morgan fingerprint density at radius 3 is 2.50 bits per heavy atom. The first-order valence-electron chi connectivity index (χ1n) is 6.14. The van der Waals surface area contributed by atoms with Gasteiger partial charge in [0.15, 0.2) is 0 Å². The van der Waals surface area contributed by atoms with Gasteiger partial charge in [0.2, 0.25) is 0 Å². The highest BCUT2D eigenvalue weighted by Gasteiger charge is 2.14. The van der Waals surface area contributed by atoms with Gasteiger partial charge in [-0.2, -0.15) is 11.8 Å². The van der Waals surface area contributed by atoms with Crippen LogP contribution in [0.5, 0.6) is 0 Å². The van der Waals surface area contributed by atoms with Crippen LogP contribution in [0, 0.1) is 5.92 Å². The van der Waals surface area contributed by atoms with E-state index in [-0.39, 0.29) is 0 Å². The third-order valence-corrected chi connectivity index (χ3v) is 3.57. The van der Waals surface area contributed by atoms with Crippen molar-refractivity contribution in [2.75, 3.05) is 29.3 Å². The molecule has 0 aliphatic carbocycles. The van der Waals surface area contributed by atoms with Crippen LogP contribution >= 0.6 is 11.8 Å². The topological polar surface area (TPSA) is 75.9 Å². The molecule has 0 radical (unpaired) electrons. The Morgan fingerprint density at radius 1 is 1.28 bits per heavy atom. The lowest BCUT2D eigenvalue weighted by Crippen LogP contribution is -2.18. The molecule has 5 nitrogen and oxygen atoms in total. The normalized spacial score (nSPS) is 12.6. The molecular formula is C12H23N5S. The van der Waals surface area contributed by atoms with E-state index < -0.39 is 0 Å². The molecule has 0 amide bonds. The number of hydrogen-bond donors (Lipinski definition) is 3. The summed E-state index contributed by atoms with van der Waals surface area (Å²) in [7, 11) is 0. The molecule has 6 heteroatoms. The zero-order chi connectivity index (χ0) is 13.5. The number of nitrogens with zero attached hydrogens (tertiary/aromatic N) is 2. The van der Waals surface area contributed by atoms with Crippen LogP contribution in [-0.2, 0) is 0 Å². The Bertz CT molecular complexity index is 369. The summed E-state index contributed by atoms with van der Waals surface area (Å²) in [6.07, 6.45) is 3.65. The first-order chi connectivity index (χ1) is 8.60. The number of nitrogen functional groups attached to an aromatic ring is 1. The quantitative estimate of drug-likeness (QED) is 0.521. The van der Waals surface area contributed by atoms with Crippen LogP contribution in [0.15, 0.2) is 6.33 Å². The Morgan fingerprint density at radius 2 is 1.94 bits per heavy atom. The summed E-state index contributed by atoms with van der Waals surface area (Å²) < 4.78 is 0. The Balaban J connectivity index is 2.81. The molecule has 1 heterocycles. The van der Waals surface area contributed by atoms with Crippen molar-refractivity contribution < 1.29 is 0 Å². The van der Waals surface area contributed by atoms with E-state index in [1.165, 1.54) is 6.33 Å². The highest BCUT2D eigenvalue weighted by atomic mass is 32.2. The summed E-state index contributed by atoms with van der Waals surface area (Å²) in [6.45, 7) is 7.34. The molecule has 0 spiro atoms. The molecule has 0 aliphatic rings. The van der Waals surface area contributed by atoms with Crippen molar-refractivity contribution in [3.63, 3.8) is 0 Å². The van der Waals surface area contributed by atoms with E-state index >= 15 is 0 Å². The van der Waals surface area contributed by atoms with Gasteiger partial charge >= 0.3 is 0 Å². The third kappa shape index (κ3) is 4.03. The summed E-state index contributed by atoms with van der Waals surface area (Å²) in [6, 6.07) is 0. The van der Waals surface area contributed by atoms with Gasteiger partial charge in [0.25, 0.3) is 0 Å². The van der Waals surface area contributed by atoms with E-state index in [0.29, 0.717) is 17.7 Å². The first-order valence-corrected chi connectivity index (χ1v) is 7.53. The van der Waals surface area contributed by atoms with Crippen molar-refractivity contribution >= 4 is 23.4 Å². The Hall–Kier alpha value is -1.01. The van der Waals surface area contributed by atoms with Gasteiger partial charge in [-0.15, -0.1) is 0 Å². The van der Waals surface area contributed by atoms with Gasteiger partial charge in [-0.1, -0.05) is 20.8 Å². The minimum Gasteiger partial charge on any atom is -0.369 e. The van der Waals surface area contributed by atoms with Gasteiger partial charge in [0, 0.05) is 12.1 Å². The molecule has 0 aliphatic heterocycles. The van der Waals surface area contributed by atoms with Crippen LogP contribution < -0.4 is 16.6 Å². The van der Waals surface area contributed by atoms with E-state index in [1.54, 1.807) is 0 Å². The van der Waals surface area contributed by atoms with Crippen molar-refractivity contribution in [2.45, 2.75) is 26.7 Å². The second-order valence-electron chi connectivity index (χ2n) is 4.73. The number of anilines is 2. The monoisotopic (exact) mass is 269 g/mol. The second kappa shape index (κ2) is 7.43. The minimum atomic E-state index is 0.315. The second-order valence-corrected chi connectivity index (χ2v) is 5.64. The lowest BCUT2D eigenvalue weighted by atomic mass is 10.0. The lowest BCUT2D eigenvalue weighted by Gasteiger charge is -2.18. The number of hydrazine groups is 1. The van der Waals surface area contributed by atoms with Crippen LogP contribution in [0.25, 0.3) is 0 Å². The molecule has 0 bridgehead atoms. The summed E-state index contributed by atoms with van der Waals surface area (Å²) in [5, 5.41) is 3.39. The van der Waals surface area contributed by atoms with Gasteiger partial charge in [-0.25, -0.2) is 15.8 Å². The summed E-state index contributed by atoms with van der Waals surface area (Å²) >= 11 is 1.86. The van der Waals surface area contributed by atoms with Crippen LogP contribution in [0.3, 0.4) is 0 Å². The number of hydrogen-bond acceptors (Lipinski definition) is 6. The number of thioether (sulfide) groups is 1. The van der Waals surface area contributed by atoms with Crippen LogP contribution in [0.1, 0.15) is 32.3 Å². The fourth-order valence-electron chi connectivity index (χ4n) is 1.81. The maximum Gasteiger partial charge on any atom is 0.148 e. The molecular weight excluding hydrogens is 246 g/mol. The molecule has 1 aromatic heterocycles. The van der Waals surface area contributed by atoms with Crippen LogP contribution in [-0.4, -0.2) is 28.5 Å². The smallest absolute Gasteiger partial charge is 0.148 e. The minimum absolute atomic E-state index is 0.315. The van der Waals surface area contributed by atoms with Crippen LogP contribution in [0.2, 0.25) is 0 Å². The summed E-state index contributed by atoms with van der Waals surface area (Å²) in [4.78, 5) is 8.47. The predicted molar refractivity (Wildman–Crippen MR) is 80.0 cm³/mol. The van der Waals surface area contributed by atoms with E-state index in [2.05, 4.69) is 47.7 Å². The fourth-order valence-corrected chi connectivity index (χ4v) is 2.50. The molecule has 1 atom stereocenters. The summed E-state index contributed by atoms with van der Waals surface area (Å²) in [5.74, 6) is 9.11. The van der Waals surface area contributed by atoms with Crippen molar-refractivity contribution in [2.24, 2.45) is 11.8 Å². The highest BCUT2D eigenvalue weighted by Crippen LogP contribution is 2.27. The zero-order valence-corrected chi connectivity index (χ0v) is 12.3. The van der Waals surface area contributed by atoms with E-state index in [9.17, 15) is 0 Å². The Labute approximate surface area is 113 Å². The van der Waals surface area contributed by atoms with E-state index in [0.717, 1.165) is 23.7 Å². The largest absolute Gasteiger partial charge is 0.369 e. The highest BCUT2D eigenvalue weighted by molar-refractivity contribution is 7.98. The van der Waals surface area contributed by atoms with Crippen molar-refractivity contribution in [1.82, 2.24) is 9.97 Å².